The first-order chi connectivity index (χ1) is 10.2. The van der Waals surface area contributed by atoms with E-state index in [1.54, 1.807) is 20.3 Å². The smallest absolute Gasteiger partial charge is 0.177 e. The van der Waals surface area contributed by atoms with Crippen LogP contribution in [0.15, 0.2) is 12.1 Å². The molecule has 0 N–H and O–H groups in total. The lowest BCUT2D eigenvalue weighted by molar-refractivity contribution is 0.401. The molecular weight excluding hydrogens is 268 g/mol. The average molecular weight is 278 g/mol. The van der Waals surface area contributed by atoms with Crippen LogP contribution in [0, 0.1) is 22.7 Å². The van der Waals surface area contributed by atoms with Crippen LogP contribution >= 0.6 is 0 Å². The van der Waals surface area contributed by atoms with Crippen molar-refractivity contribution in [2.24, 2.45) is 0 Å². The van der Waals surface area contributed by atoms with E-state index >= 15 is 0 Å². The van der Waals surface area contributed by atoms with Gasteiger partial charge in [0.05, 0.1) is 31.2 Å². The molecule has 1 aromatic heterocycles. The predicted octanol–water partition coefficient (Wildman–Crippen LogP) is 1.81. The zero-order valence-electron chi connectivity index (χ0n) is 11.5. The van der Waals surface area contributed by atoms with Gasteiger partial charge in [-0.3, -0.25) is 0 Å². The molecule has 3 rings (SSSR count). The Morgan fingerprint density at radius 3 is 2.24 bits per heavy atom. The number of hydrogen-bond acceptors (Lipinski definition) is 6. The van der Waals surface area contributed by atoms with Gasteiger partial charge in [0.2, 0.25) is 0 Å². The van der Waals surface area contributed by atoms with Gasteiger partial charge in [0.1, 0.15) is 23.6 Å². The Bertz CT molecular complexity index is 831. The first-order valence-electron chi connectivity index (χ1n) is 6.18. The molecule has 102 valence electrons. The molecule has 6 nitrogen and oxygen atoms in total. The number of aromatic nitrogens is 2. The number of nitrogens with zero attached hydrogens (tertiary/aromatic N) is 4. The van der Waals surface area contributed by atoms with Gasteiger partial charge in [-0.25, -0.2) is 9.97 Å². The van der Waals surface area contributed by atoms with Crippen molar-refractivity contribution in [3.8, 4) is 34.9 Å². The molecule has 0 bridgehead atoms. The van der Waals surface area contributed by atoms with Crippen LogP contribution in [-0.4, -0.2) is 24.2 Å². The molecule has 0 aliphatic heterocycles. The maximum Gasteiger partial charge on any atom is 0.177 e. The van der Waals surface area contributed by atoms with Gasteiger partial charge in [0.25, 0.3) is 0 Å². The lowest BCUT2D eigenvalue weighted by Crippen LogP contribution is -1.99. The largest absolute Gasteiger partial charge is 0.496 e. The fourth-order valence-corrected chi connectivity index (χ4v) is 2.52. The number of ether oxygens (including phenoxy) is 2. The third-order valence-electron chi connectivity index (χ3n) is 3.43. The maximum absolute atomic E-state index is 9.10. The zero-order valence-corrected chi connectivity index (χ0v) is 11.5. The van der Waals surface area contributed by atoms with Crippen molar-refractivity contribution in [2.45, 2.75) is 6.42 Å². The second-order valence-corrected chi connectivity index (χ2v) is 4.44. The third kappa shape index (κ3) is 1.78. The second-order valence-electron chi connectivity index (χ2n) is 4.44. The highest BCUT2D eigenvalue weighted by Gasteiger charge is 2.29. The molecule has 21 heavy (non-hydrogen) atoms. The summed E-state index contributed by atoms with van der Waals surface area (Å²) < 4.78 is 10.7. The second kappa shape index (κ2) is 4.77. The molecule has 0 amide bonds. The van der Waals surface area contributed by atoms with Crippen LogP contribution in [0.5, 0.6) is 11.5 Å². The summed E-state index contributed by atoms with van der Waals surface area (Å²) in [7, 11) is 3.16. The van der Waals surface area contributed by atoms with Crippen LogP contribution in [0.2, 0.25) is 0 Å². The molecule has 0 radical (unpaired) electrons. The molecule has 0 unspecified atom stereocenters. The molecular formula is C15H10N4O2. The van der Waals surface area contributed by atoms with Gasteiger partial charge >= 0.3 is 0 Å². The van der Waals surface area contributed by atoms with Crippen molar-refractivity contribution in [3.63, 3.8) is 0 Å². The quantitative estimate of drug-likeness (QED) is 0.709. The standard InChI is InChI=1S/C15H10N4O2/c1-20-12-3-4-13(21-2)14-8(12)5-9-15(14)19-11(7-17)10(6-16)18-9/h3-4H,5H2,1-2H3. The van der Waals surface area contributed by atoms with Crippen LogP contribution in [0.25, 0.3) is 11.3 Å². The fourth-order valence-electron chi connectivity index (χ4n) is 2.52. The molecule has 1 aromatic carbocycles. The van der Waals surface area contributed by atoms with Crippen LogP contribution < -0.4 is 9.47 Å². The SMILES string of the molecule is COc1ccc(OC)c2c1Cc1nc(C#N)c(C#N)nc1-2. The summed E-state index contributed by atoms with van der Waals surface area (Å²) in [4.78, 5) is 8.54. The highest BCUT2D eigenvalue weighted by molar-refractivity contribution is 5.81. The van der Waals surface area contributed by atoms with Crippen molar-refractivity contribution < 1.29 is 9.47 Å². The van der Waals surface area contributed by atoms with Crippen LogP contribution in [0.1, 0.15) is 22.6 Å². The maximum atomic E-state index is 9.10. The predicted molar refractivity (Wildman–Crippen MR) is 72.8 cm³/mol. The Hall–Kier alpha value is -3.12. The Morgan fingerprint density at radius 1 is 1.00 bits per heavy atom. The number of hydrogen-bond donors (Lipinski definition) is 0. The van der Waals surface area contributed by atoms with Gasteiger partial charge in [-0.2, -0.15) is 10.5 Å². The summed E-state index contributed by atoms with van der Waals surface area (Å²) in [5, 5.41) is 18.1. The van der Waals surface area contributed by atoms with E-state index in [0.29, 0.717) is 29.3 Å². The van der Waals surface area contributed by atoms with Crippen molar-refractivity contribution >= 4 is 0 Å². The first-order valence-corrected chi connectivity index (χ1v) is 6.18. The number of fused-ring (bicyclic) bond motifs is 3. The van der Waals surface area contributed by atoms with E-state index in [4.69, 9.17) is 20.0 Å². The lowest BCUT2D eigenvalue weighted by atomic mass is 10.1. The summed E-state index contributed by atoms with van der Waals surface area (Å²) in [5.41, 5.74) is 2.99. The molecule has 6 heteroatoms. The molecule has 1 heterocycles. The summed E-state index contributed by atoms with van der Waals surface area (Å²) in [6.45, 7) is 0. The van der Waals surface area contributed by atoms with Crippen LogP contribution in [0.4, 0.5) is 0 Å². The molecule has 0 fully saturated rings. The van der Waals surface area contributed by atoms with E-state index in [2.05, 4.69) is 9.97 Å². The Labute approximate surface area is 121 Å². The van der Waals surface area contributed by atoms with Gasteiger partial charge in [-0.15, -0.1) is 0 Å². The Morgan fingerprint density at radius 2 is 1.62 bits per heavy atom. The van der Waals surface area contributed by atoms with E-state index in [0.717, 1.165) is 11.1 Å². The first kappa shape index (κ1) is 12.9. The monoisotopic (exact) mass is 278 g/mol. The summed E-state index contributed by atoms with van der Waals surface area (Å²) >= 11 is 0. The van der Waals surface area contributed by atoms with Gasteiger partial charge < -0.3 is 9.47 Å². The number of benzene rings is 1. The highest BCUT2D eigenvalue weighted by Crippen LogP contribution is 2.45. The van der Waals surface area contributed by atoms with Gasteiger partial charge in [-0.1, -0.05) is 0 Å². The highest BCUT2D eigenvalue weighted by atomic mass is 16.5. The van der Waals surface area contributed by atoms with Gasteiger partial charge in [-0.05, 0) is 12.1 Å². The van der Waals surface area contributed by atoms with E-state index in [9.17, 15) is 0 Å². The van der Waals surface area contributed by atoms with E-state index in [1.807, 2.05) is 18.2 Å². The van der Waals surface area contributed by atoms with E-state index < -0.39 is 0 Å². The number of rotatable bonds is 2. The minimum absolute atomic E-state index is 0.0222. The zero-order chi connectivity index (χ0) is 15.0. The minimum atomic E-state index is 0.0222. The molecule has 0 saturated carbocycles. The molecule has 0 saturated heterocycles. The van der Waals surface area contributed by atoms with Crippen molar-refractivity contribution in [1.82, 2.24) is 9.97 Å². The number of methoxy groups -OCH3 is 2. The Balaban J connectivity index is 2.32. The summed E-state index contributed by atoms with van der Waals surface area (Å²) in [6, 6.07) is 7.42. The molecule has 0 atom stereocenters. The van der Waals surface area contributed by atoms with Crippen molar-refractivity contribution in [1.29, 1.82) is 10.5 Å². The summed E-state index contributed by atoms with van der Waals surface area (Å²) in [6.07, 6.45) is 0.498. The van der Waals surface area contributed by atoms with Crippen molar-refractivity contribution in [3.05, 3.63) is 34.8 Å². The van der Waals surface area contributed by atoms with Crippen molar-refractivity contribution in [2.75, 3.05) is 14.2 Å². The molecule has 0 spiro atoms. The lowest BCUT2D eigenvalue weighted by Gasteiger charge is -2.11. The van der Waals surface area contributed by atoms with E-state index in [1.165, 1.54) is 0 Å². The number of nitriles is 2. The van der Waals surface area contributed by atoms with Gasteiger partial charge in [0, 0.05) is 12.0 Å². The minimum Gasteiger partial charge on any atom is -0.496 e. The Kier molecular flexibility index (Phi) is 2.93. The molecule has 2 aromatic rings. The van der Waals surface area contributed by atoms with Crippen LogP contribution in [-0.2, 0) is 6.42 Å². The van der Waals surface area contributed by atoms with Gasteiger partial charge in [0.15, 0.2) is 11.4 Å². The van der Waals surface area contributed by atoms with Crippen LogP contribution in [0.3, 0.4) is 0 Å². The molecule has 1 aliphatic carbocycles. The average Bonchev–Trinajstić information content (AvgIpc) is 2.90. The fraction of sp³-hybridized carbons (Fsp3) is 0.200. The normalized spacial score (nSPS) is 11.0. The third-order valence-corrected chi connectivity index (χ3v) is 3.43. The topological polar surface area (TPSA) is 91.8 Å². The summed E-state index contributed by atoms with van der Waals surface area (Å²) in [5.74, 6) is 1.36. The van der Waals surface area contributed by atoms with E-state index in [-0.39, 0.29) is 11.4 Å². The molecule has 1 aliphatic rings.